The van der Waals surface area contributed by atoms with E-state index >= 15 is 0 Å². The number of halogens is 1. The highest BCUT2D eigenvalue weighted by Crippen LogP contribution is 2.31. The van der Waals surface area contributed by atoms with Crippen LogP contribution in [0.2, 0.25) is 0 Å². The van der Waals surface area contributed by atoms with Gasteiger partial charge in [-0.25, -0.2) is 0 Å². The van der Waals surface area contributed by atoms with Crippen molar-refractivity contribution in [1.82, 2.24) is 15.0 Å². The Kier molecular flexibility index (Phi) is 4.46. The van der Waals surface area contributed by atoms with Gasteiger partial charge in [-0.1, -0.05) is 33.2 Å². The molecule has 0 radical (unpaired) electrons. The fraction of sp³-hybridized carbons (Fsp3) is 0.211. The third kappa shape index (κ3) is 3.10. The molecule has 2 heterocycles. The van der Waals surface area contributed by atoms with E-state index in [1.807, 2.05) is 48.5 Å². The van der Waals surface area contributed by atoms with Gasteiger partial charge in [-0.2, -0.15) is 4.98 Å². The maximum atomic E-state index is 12.5. The van der Waals surface area contributed by atoms with Gasteiger partial charge in [0.25, 0.3) is 5.91 Å². The SMILES string of the molecule is COc1ccccc1-c1noc(C2CN(C(=O)c3ccc(Br)cc3)C2)n1. The molecular weight excluding hydrogens is 398 g/mol. The van der Waals surface area contributed by atoms with Crippen LogP contribution in [0.4, 0.5) is 0 Å². The number of carbonyl (C=O) groups excluding carboxylic acids is 1. The van der Waals surface area contributed by atoms with Crippen LogP contribution < -0.4 is 4.74 Å². The Labute approximate surface area is 158 Å². The molecule has 132 valence electrons. The van der Waals surface area contributed by atoms with Crippen LogP contribution in [0.25, 0.3) is 11.4 Å². The molecule has 0 atom stereocenters. The summed E-state index contributed by atoms with van der Waals surface area (Å²) >= 11 is 3.37. The van der Waals surface area contributed by atoms with Crippen molar-refractivity contribution < 1.29 is 14.1 Å². The summed E-state index contributed by atoms with van der Waals surface area (Å²) < 4.78 is 11.7. The fourth-order valence-electron chi connectivity index (χ4n) is 2.92. The third-order valence-electron chi connectivity index (χ3n) is 4.40. The molecule has 1 fully saturated rings. The number of hydrogen-bond donors (Lipinski definition) is 0. The van der Waals surface area contributed by atoms with Crippen LogP contribution in [-0.4, -0.2) is 41.1 Å². The van der Waals surface area contributed by atoms with Crippen LogP contribution in [0.3, 0.4) is 0 Å². The van der Waals surface area contributed by atoms with E-state index in [1.165, 1.54) is 0 Å². The van der Waals surface area contributed by atoms with Crippen molar-refractivity contribution in [2.45, 2.75) is 5.92 Å². The second-order valence-corrected chi connectivity index (χ2v) is 6.99. The number of aromatic nitrogens is 2. The van der Waals surface area contributed by atoms with Gasteiger partial charge < -0.3 is 14.2 Å². The van der Waals surface area contributed by atoms with Crippen molar-refractivity contribution in [2.75, 3.05) is 20.2 Å². The van der Waals surface area contributed by atoms with Gasteiger partial charge in [-0.3, -0.25) is 4.79 Å². The number of likely N-dealkylation sites (tertiary alicyclic amines) is 1. The number of benzene rings is 2. The summed E-state index contributed by atoms with van der Waals surface area (Å²) in [4.78, 5) is 18.7. The molecule has 0 bridgehead atoms. The molecule has 0 N–H and O–H groups in total. The molecule has 2 aromatic carbocycles. The number of carbonyl (C=O) groups is 1. The second-order valence-electron chi connectivity index (χ2n) is 6.07. The molecule has 1 amide bonds. The van der Waals surface area contributed by atoms with E-state index in [4.69, 9.17) is 9.26 Å². The van der Waals surface area contributed by atoms with E-state index in [-0.39, 0.29) is 11.8 Å². The lowest BCUT2D eigenvalue weighted by Gasteiger charge is -2.37. The lowest BCUT2D eigenvalue weighted by Crippen LogP contribution is -2.48. The van der Waals surface area contributed by atoms with Crippen LogP contribution in [0.1, 0.15) is 22.2 Å². The Morgan fingerprint density at radius 3 is 2.65 bits per heavy atom. The Hall–Kier alpha value is -2.67. The van der Waals surface area contributed by atoms with Gasteiger partial charge in [-0.05, 0) is 36.4 Å². The standard InChI is InChI=1S/C19H16BrN3O3/c1-25-16-5-3-2-4-15(16)17-21-18(26-22-17)13-10-23(11-13)19(24)12-6-8-14(20)9-7-12/h2-9,13H,10-11H2,1H3. The van der Waals surface area contributed by atoms with Gasteiger partial charge in [0.15, 0.2) is 0 Å². The number of hydrogen-bond acceptors (Lipinski definition) is 5. The van der Waals surface area contributed by atoms with Gasteiger partial charge >= 0.3 is 0 Å². The average Bonchev–Trinajstić information content (AvgIpc) is 3.10. The number of para-hydroxylation sites is 1. The molecule has 1 aliphatic heterocycles. The molecule has 6 nitrogen and oxygen atoms in total. The zero-order chi connectivity index (χ0) is 18.1. The van der Waals surface area contributed by atoms with Crippen molar-refractivity contribution in [3.8, 4) is 17.1 Å². The van der Waals surface area contributed by atoms with Crippen molar-refractivity contribution in [3.63, 3.8) is 0 Å². The molecule has 1 saturated heterocycles. The topological polar surface area (TPSA) is 68.5 Å². The Morgan fingerprint density at radius 1 is 1.19 bits per heavy atom. The molecular formula is C19H16BrN3O3. The zero-order valence-corrected chi connectivity index (χ0v) is 15.6. The zero-order valence-electron chi connectivity index (χ0n) is 14.1. The first-order valence-corrected chi connectivity index (χ1v) is 8.97. The van der Waals surface area contributed by atoms with Gasteiger partial charge in [0.1, 0.15) is 5.75 Å². The maximum Gasteiger partial charge on any atom is 0.253 e. The highest BCUT2D eigenvalue weighted by Gasteiger charge is 2.36. The van der Waals surface area contributed by atoms with Crippen LogP contribution in [0, 0.1) is 0 Å². The summed E-state index contributed by atoms with van der Waals surface area (Å²) in [7, 11) is 1.61. The van der Waals surface area contributed by atoms with Crippen LogP contribution in [-0.2, 0) is 0 Å². The lowest BCUT2D eigenvalue weighted by molar-refractivity contribution is 0.0569. The largest absolute Gasteiger partial charge is 0.496 e. The van der Waals surface area contributed by atoms with E-state index in [2.05, 4.69) is 26.1 Å². The number of nitrogens with zero attached hydrogens (tertiary/aromatic N) is 3. The quantitative estimate of drug-likeness (QED) is 0.651. The highest BCUT2D eigenvalue weighted by atomic mass is 79.9. The number of methoxy groups -OCH3 is 1. The third-order valence-corrected chi connectivity index (χ3v) is 4.93. The predicted octanol–water partition coefficient (Wildman–Crippen LogP) is 3.75. The number of ether oxygens (including phenoxy) is 1. The van der Waals surface area contributed by atoms with Crippen molar-refractivity contribution in [2.24, 2.45) is 0 Å². The van der Waals surface area contributed by atoms with Gasteiger partial charge in [0.2, 0.25) is 11.7 Å². The molecule has 0 saturated carbocycles. The van der Waals surface area contributed by atoms with Gasteiger partial charge in [-0.15, -0.1) is 0 Å². The Morgan fingerprint density at radius 2 is 1.92 bits per heavy atom. The molecule has 4 rings (SSSR count). The minimum Gasteiger partial charge on any atom is -0.496 e. The van der Waals surface area contributed by atoms with E-state index in [9.17, 15) is 4.79 Å². The Balaban J connectivity index is 1.44. The fourth-order valence-corrected chi connectivity index (χ4v) is 3.18. The van der Waals surface area contributed by atoms with Crippen molar-refractivity contribution >= 4 is 21.8 Å². The summed E-state index contributed by atoms with van der Waals surface area (Å²) in [6, 6.07) is 14.9. The highest BCUT2D eigenvalue weighted by molar-refractivity contribution is 9.10. The van der Waals surface area contributed by atoms with Crippen molar-refractivity contribution in [3.05, 3.63) is 64.5 Å². The lowest BCUT2D eigenvalue weighted by atomic mass is 9.98. The van der Waals surface area contributed by atoms with E-state index in [0.717, 1.165) is 10.0 Å². The predicted molar refractivity (Wildman–Crippen MR) is 99.1 cm³/mol. The summed E-state index contributed by atoms with van der Waals surface area (Å²) in [5.74, 6) is 1.81. The first-order chi connectivity index (χ1) is 12.7. The van der Waals surface area contributed by atoms with E-state index in [1.54, 1.807) is 12.0 Å². The smallest absolute Gasteiger partial charge is 0.253 e. The summed E-state index contributed by atoms with van der Waals surface area (Å²) in [5, 5.41) is 4.06. The molecule has 0 unspecified atom stereocenters. The minimum absolute atomic E-state index is 0.0122. The van der Waals surface area contributed by atoms with Crippen LogP contribution in [0.5, 0.6) is 5.75 Å². The molecule has 1 aromatic heterocycles. The molecule has 7 heteroatoms. The first kappa shape index (κ1) is 16.8. The van der Waals surface area contributed by atoms with E-state index < -0.39 is 0 Å². The number of rotatable bonds is 4. The first-order valence-electron chi connectivity index (χ1n) is 8.17. The van der Waals surface area contributed by atoms with Crippen LogP contribution >= 0.6 is 15.9 Å². The summed E-state index contributed by atoms with van der Waals surface area (Å²) in [6.07, 6.45) is 0. The maximum absolute atomic E-state index is 12.5. The Bertz CT molecular complexity index is 933. The average molecular weight is 414 g/mol. The monoisotopic (exact) mass is 413 g/mol. The normalized spacial score (nSPS) is 14.2. The second kappa shape index (κ2) is 6.92. The molecule has 1 aliphatic rings. The van der Waals surface area contributed by atoms with Gasteiger partial charge in [0, 0.05) is 23.1 Å². The van der Waals surface area contributed by atoms with Crippen molar-refractivity contribution in [1.29, 1.82) is 0 Å². The molecule has 0 spiro atoms. The minimum atomic E-state index is 0.0122. The van der Waals surface area contributed by atoms with E-state index in [0.29, 0.717) is 36.1 Å². The molecule has 0 aliphatic carbocycles. The number of amides is 1. The molecule has 3 aromatic rings. The van der Waals surface area contributed by atoms with Gasteiger partial charge in [0.05, 0.1) is 18.6 Å². The van der Waals surface area contributed by atoms with Crippen LogP contribution in [0.15, 0.2) is 57.5 Å². The molecule has 26 heavy (non-hydrogen) atoms. The summed E-state index contributed by atoms with van der Waals surface area (Å²) in [6.45, 7) is 1.14. The summed E-state index contributed by atoms with van der Waals surface area (Å²) in [5.41, 5.74) is 1.46.